The Bertz CT molecular complexity index is 9000. The third-order valence-electron chi connectivity index (χ3n) is 26.1. The molecular weight excluding hydrogens is 1550 g/mol. The zero-order valence-corrected chi connectivity index (χ0v) is 68.5. The minimum Gasteiger partial charge on any atom is -0.455 e. The quantitative estimate of drug-likeness (QED) is 0.151. The van der Waals surface area contributed by atoms with E-state index in [0.717, 1.165) is 128 Å². The van der Waals surface area contributed by atoms with Crippen molar-refractivity contribution in [2.45, 2.75) is 0 Å². The van der Waals surface area contributed by atoms with Crippen LogP contribution in [0.4, 0.5) is 0 Å². The molecule has 584 valence electrons. The third-order valence-corrected chi connectivity index (χ3v) is 27.3. The second kappa shape index (κ2) is 27.4. The Hall–Kier alpha value is -16.7. The highest BCUT2D eigenvalue weighted by Crippen LogP contribution is 2.49. The molecule has 0 fully saturated rings. The van der Waals surface area contributed by atoms with Gasteiger partial charge in [-0.2, -0.15) is 0 Å². The average molecular weight is 1620 g/mol. The van der Waals surface area contributed by atoms with Gasteiger partial charge in [-0.25, -0.2) is 19.9 Å². The van der Waals surface area contributed by atoms with Crippen molar-refractivity contribution < 1.29 is 4.42 Å². The van der Waals surface area contributed by atoms with Gasteiger partial charge in [-0.15, -0.1) is 11.3 Å². The topological polar surface area (TPSA) is 84.4 Å². The lowest BCUT2D eigenvalue weighted by Gasteiger charge is -2.15. The third kappa shape index (κ3) is 10.5. The number of benzene rings is 20. The van der Waals surface area contributed by atoms with E-state index in [1.807, 2.05) is 59.9 Å². The summed E-state index contributed by atoms with van der Waals surface area (Å²) in [4.78, 5) is 21.4. The van der Waals surface area contributed by atoms with Gasteiger partial charge in [-0.05, 0) is 172 Å². The first kappa shape index (κ1) is 70.1. The van der Waals surface area contributed by atoms with Crippen molar-refractivity contribution in [3.05, 3.63) is 413 Å². The average Bonchev–Trinajstić information content (AvgIpc) is 1.56. The number of fused-ring (bicyclic) bond motifs is 26. The molecule has 28 aromatic rings. The van der Waals surface area contributed by atoms with Gasteiger partial charge in [0.1, 0.15) is 16.9 Å². The van der Waals surface area contributed by atoms with E-state index in [4.69, 9.17) is 24.4 Å². The molecule has 28 rings (SSSR count). The molecule has 0 radical (unpaired) electrons. The van der Waals surface area contributed by atoms with E-state index in [9.17, 15) is 0 Å². The predicted octanol–water partition coefficient (Wildman–Crippen LogP) is 31.2. The molecule has 126 heavy (non-hydrogen) atoms. The summed E-state index contributed by atoms with van der Waals surface area (Å²) in [6, 6.07) is 149. The van der Waals surface area contributed by atoms with E-state index in [-0.39, 0.29) is 0 Å². The second-order valence-electron chi connectivity index (χ2n) is 33.0. The molecule has 0 atom stereocenters. The summed E-state index contributed by atoms with van der Waals surface area (Å²) in [5.74, 6) is 0. The fraction of sp³-hybridized carbons (Fsp3) is 0. The summed E-state index contributed by atoms with van der Waals surface area (Å²) in [6.07, 6.45) is 0. The van der Waals surface area contributed by atoms with Crippen LogP contribution >= 0.6 is 11.3 Å². The summed E-state index contributed by atoms with van der Waals surface area (Å²) in [5, 5.41) is 24.4. The number of rotatable bonds is 8. The molecule has 8 aromatic heterocycles. The molecule has 0 saturated carbocycles. The summed E-state index contributed by atoms with van der Waals surface area (Å²) >= 11 is 1.82. The molecule has 0 saturated heterocycles. The van der Waals surface area contributed by atoms with Crippen molar-refractivity contribution >= 4 is 206 Å². The molecule has 20 aromatic carbocycles. The first-order chi connectivity index (χ1) is 62.5. The molecule has 0 bridgehead atoms. The van der Waals surface area contributed by atoms with Crippen molar-refractivity contribution in [2.24, 2.45) is 0 Å². The van der Waals surface area contributed by atoms with E-state index in [0.29, 0.717) is 0 Å². The smallest absolute Gasteiger partial charge is 0.144 e. The van der Waals surface area contributed by atoms with Gasteiger partial charge in [0, 0.05) is 118 Å². The Kier molecular flexibility index (Phi) is 15.3. The lowest BCUT2D eigenvalue weighted by atomic mass is 10.0. The van der Waals surface area contributed by atoms with Gasteiger partial charge in [-0.3, -0.25) is 0 Å². The second-order valence-corrected chi connectivity index (χ2v) is 34.0. The normalized spacial score (nSPS) is 12.1. The summed E-state index contributed by atoms with van der Waals surface area (Å²) in [5.41, 5.74) is 26.3. The van der Waals surface area contributed by atoms with E-state index >= 15 is 0 Å². The van der Waals surface area contributed by atoms with Crippen molar-refractivity contribution in [1.29, 1.82) is 0 Å². The Balaban J connectivity index is 0.000000131. The van der Waals surface area contributed by atoms with Crippen LogP contribution in [0.15, 0.2) is 417 Å². The highest BCUT2D eigenvalue weighted by molar-refractivity contribution is 7.26. The van der Waals surface area contributed by atoms with Crippen LogP contribution in [0.3, 0.4) is 0 Å². The minimum absolute atomic E-state index is 0.786. The Morgan fingerprint density at radius 3 is 1.13 bits per heavy atom. The van der Waals surface area contributed by atoms with Gasteiger partial charge in [0.2, 0.25) is 0 Å². The highest BCUT2D eigenvalue weighted by Gasteiger charge is 2.27. The number of nitrogens with zero attached hydrogens (tertiary/aromatic N) is 8. The van der Waals surface area contributed by atoms with E-state index in [1.165, 1.54) is 134 Å². The van der Waals surface area contributed by atoms with Crippen LogP contribution in [0.2, 0.25) is 0 Å². The Morgan fingerprint density at radius 1 is 0.214 bits per heavy atom. The molecule has 0 unspecified atom stereocenters. The van der Waals surface area contributed by atoms with Crippen LogP contribution in [0.5, 0.6) is 0 Å². The number of furan rings is 1. The van der Waals surface area contributed by atoms with Gasteiger partial charge < -0.3 is 22.7 Å². The fourth-order valence-corrected chi connectivity index (χ4v) is 21.8. The van der Waals surface area contributed by atoms with Gasteiger partial charge in [0.25, 0.3) is 0 Å². The van der Waals surface area contributed by atoms with E-state index in [2.05, 4.69) is 382 Å². The maximum Gasteiger partial charge on any atom is 0.144 e. The van der Waals surface area contributed by atoms with Gasteiger partial charge in [0.15, 0.2) is 0 Å². The van der Waals surface area contributed by atoms with Crippen LogP contribution in [0.25, 0.3) is 262 Å². The zero-order chi connectivity index (χ0) is 82.3. The van der Waals surface area contributed by atoms with E-state index in [1.54, 1.807) is 0 Å². The van der Waals surface area contributed by atoms with Gasteiger partial charge >= 0.3 is 0 Å². The van der Waals surface area contributed by atoms with Crippen LogP contribution in [-0.4, -0.2) is 38.2 Å². The Morgan fingerprint density at radius 2 is 0.603 bits per heavy atom. The molecule has 0 aliphatic heterocycles. The fourth-order valence-electron chi connectivity index (χ4n) is 20.6. The number of hydrogen-bond acceptors (Lipinski definition) is 6. The van der Waals surface area contributed by atoms with Crippen molar-refractivity contribution in [1.82, 2.24) is 38.2 Å². The van der Waals surface area contributed by atoms with E-state index < -0.39 is 0 Å². The standard InChI is InChI=1S/C58H34N4O.C58H34N4S/c2*1-2-18-39-35(14-1)30-31-52-55(39)43-21-4-9-27-50(43)62(52)51-28-12-15-36-33-53-46(34-45(36)51)40-19-3-8-26-49(40)61(53)38-17-11-16-37(32-38)56-57(60-48-25-7-6-24-47(48)59-56)44-23-13-22-42-41-20-5-10-29-54(41)63-58(42)44/h2*1-34H. The monoisotopic (exact) mass is 1620 g/mol. The molecule has 9 nitrogen and oxygen atoms in total. The first-order valence-electron chi connectivity index (χ1n) is 42.8. The van der Waals surface area contributed by atoms with Crippen molar-refractivity contribution in [3.63, 3.8) is 0 Å². The maximum absolute atomic E-state index is 6.57. The summed E-state index contributed by atoms with van der Waals surface area (Å²) < 4.78 is 18.8. The number of para-hydroxylation sites is 10. The molecule has 10 heteroatoms. The lowest BCUT2D eigenvalue weighted by molar-refractivity contribution is 0.670. The molecular formula is C116H68N8OS. The summed E-state index contributed by atoms with van der Waals surface area (Å²) in [6.45, 7) is 0. The Labute approximate surface area is 723 Å². The first-order valence-corrected chi connectivity index (χ1v) is 43.6. The molecule has 8 heterocycles. The minimum atomic E-state index is 0.786. The summed E-state index contributed by atoms with van der Waals surface area (Å²) in [7, 11) is 0. The number of aromatic nitrogens is 8. The van der Waals surface area contributed by atoms with Crippen molar-refractivity contribution in [3.8, 4) is 67.8 Å². The molecule has 0 N–H and O–H groups in total. The maximum atomic E-state index is 6.57. The van der Waals surface area contributed by atoms with Gasteiger partial charge in [0.05, 0.1) is 94.7 Å². The molecule has 0 amide bonds. The molecule has 0 aliphatic rings. The highest BCUT2D eigenvalue weighted by atomic mass is 32.1. The van der Waals surface area contributed by atoms with Crippen LogP contribution in [0, 0.1) is 0 Å². The number of thiophene rings is 1. The molecule has 0 aliphatic carbocycles. The van der Waals surface area contributed by atoms with Crippen LogP contribution < -0.4 is 0 Å². The molecule has 0 spiro atoms. The number of hydrogen-bond donors (Lipinski definition) is 0. The lowest BCUT2D eigenvalue weighted by Crippen LogP contribution is -1.98. The van der Waals surface area contributed by atoms with Gasteiger partial charge in [-0.1, -0.05) is 273 Å². The predicted molar refractivity (Wildman–Crippen MR) is 528 cm³/mol. The van der Waals surface area contributed by atoms with Crippen LogP contribution in [-0.2, 0) is 0 Å². The SMILES string of the molecule is c1cc(-c2nc3ccccc3nc2-c2cccc3c2oc2ccccc23)cc(-n2c3ccccc3c3cc4c(-n5c6ccccc6c6c7ccccc7ccc65)cccc4cc32)c1.c1cc(-c2nc3ccccc3nc2-c2cccc3c2sc2ccccc23)cc(-n2c3ccccc3c3cc4c(-n5c6ccccc6c6c7ccccc7ccc65)cccc4cc32)c1. The zero-order valence-electron chi connectivity index (χ0n) is 67.7. The van der Waals surface area contributed by atoms with Crippen molar-refractivity contribution in [2.75, 3.05) is 0 Å². The van der Waals surface area contributed by atoms with Crippen LogP contribution in [0.1, 0.15) is 0 Å². The largest absolute Gasteiger partial charge is 0.455 e.